The van der Waals surface area contributed by atoms with E-state index in [2.05, 4.69) is 38.6 Å². The fourth-order valence-electron chi connectivity index (χ4n) is 2.98. The molecule has 0 spiro atoms. The zero-order chi connectivity index (χ0) is 20.3. The summed E-state index contributed by atoms with van der Waals surface area (Å²) in [6, 6.07) is 10.1. The average molecular weight is 397 g/mol. The SMILES string of the molecule is CC.Cc1nn2c(NCc3cccc(-c4nccn4C)c3)cc(Cl)nc2c1C. The number of nitrogens with zero attached hydrogens (tertiary/aromatic N) is 5. The summed E-state index contributed by atoms with van der Waals surface area (Å²) in [5.41, 5.74) is 4.99. The molecular formula is C21H25ClN6. The van der Waals surface area contributed by atoms with Crippen molar-refractivity contribution in [3.63, 3.8) is 0 Å². The Bertz CT molecular complexity index is 1100. The van der Waals surface area contributed by atoms with Gasteiger partial charge in [-0.2, -0.15) is 9.61 Å². The maximum Gasteiger partial charge on any atom is 0.162 e. The topological polar surface area (TPSA) is 60.0 Å². The summed E-state index contributed by atoms with van der Waals surface area (Å²) in [4.78, 5) is 8.80. The van der Waals surface area contributed by atoms with Gasteiger partial charge in [0, 0.05) is 43.2 Å². The Balaban J connectivity index is 0.00000109. The normalized spacial score (nSPS) is 10.6. The number of imidazole rings is 1. The highest BCUT2D eigenvalue weighted by atomic mass is 35.5. The van der Waals surface area contributed by atoms with Crippen molar-refractivity contribution in [2.24, 2.45) is 7.05 Å². The molecule has 4 rings (SSSR count). The van der Waals surface area contributed by atoms with E-state index in [9.17, 15) is 0 Å². The highest BCUT2D eigenvalue weighted by molar-refractivity contribution is 6.29. The van der Waals surface area contributed by atoms with Crippen LogP contribution in [0.1, 0.15) is 30.7 Å². The van der Waals surface area contributed by atoms with Crippen LogP contribution in [0.2, 0.25) is 5.15 Å². The van der Waals surface area contributed by atoms with E-state index in [4.69, 9.17) is 11.6 Å². The minimum atomic E-state index is 0.449. The Morgan fingerprint density at radius 2 is 1.93 bits per heavy atom. The molecule has 0 saturated heterocycles. The van der Waals surface area contributed by atoms with E-state index in [1.54, 1.807) is 16.8 Å². The first-order valence-corrected chi connectivity index (χ1v) is 9.73. The van der Waals surface area contributed by atoms with E-state index < -0.39 is 0 Å². The molecule has 0 aliphatic carbocycles. The fraction of sp³-hybridized carbons (Fsp3) is 0.286. The number of rotatable bonds is 4. The monoisotopic (exact) mass is 396 g/mol. The number of nitrogens with one attached hydrogen (secondary N) is 1. The van der Waals surface area contributed by atoms with Gasteiger partial charge >= 0.3 is 0 Å². The molecule has 1 aromatic carbocycles. The summed E-state index contributed by atoms with van der Waals surface area (Å²) in [5, 5.41) is 8.43. The van der Waals surface area contributed by atoms with Gasteiger partial charge in [0.1, 0.15) is 16.8 Å². The van der Waals surface area contributed by atoms with E-state index in [1.165, 1.54) is 0 Å². The van der Waals surface area contributed by atoms with Crippen LogP contribution >= 0.6 is 11.6 Å². The lowest BCUT2D eigenvalue weighted by Crippen LogP contribution is -2.06. The molecule has 0 aliphatic rings. The largest absolute Gasteiger partial charge is 0.366 e. The lowest BCUT2D eigenvalue weighted by Gasteiger charge is -2.10. The van der Waals surface area contributed by atoms with Crippen molar-refractivity contribution in [3.05, 3.63) is 64.7 Å². The summed E-state index contributed by atoms with van der Waals surface area (Å²) in [6.45, 7) is 8.62. The van der Waals surface area contributed by atoms with Crippen molar-refractivity contribution in [1.82, 2.24) is 24.1 Å². The number of halogens is 1. The lowest BCUT2D eigenvalue weighted by atomic mass is 10.1. The van der Waals surface area contributed by atoms with Crippen LogP contribution in [0, 0.1) is 13.8 Å². The number of fused-ring (bicyclic) bond motifs is 1. The van der Waals surface area contributed by atoms with Crippen LogP contribution in [0.15, 0.2) is 42.7 Å². The van der Waals surface area contributed by atoms with Crippen molar-refractivity contribution in [2.75, 3.05) is 5.32 Å². The first-order valence-electron chi connectivity index (χ1n) is 9.36. The predicted molar refractivity (Wildman–Crippen MR) is 115 cm³/mol. The van der Waals surface area contributed by atoms with Crippen LogP contribution in [0.5, 0.6) is 0 Å². The van der Waals surface area contributed by atoms with Crippen LogP contribution in [-0.2, 0) is 13.6 Å². The number of aryl methyl sites for hydroxylation is 3. The first-order chi connectivity index (χ1) is 13.5. The van der Waals surface area contributed by atoms with Gasteiger partial charge in [-0.25, -0.2) is 9.97 Å². The number of hydrogen-bond donors (Lipinski definition) is 1. The molecule has 28 heavy (non-hydrogen) atoms. The molecule has 1 N–H and O–H groups in total. The van der Waals surface area contributed by atoms with Gasteiger partial charge in [-0.1, -0.05) is 43.6 Å². The standard InChI is InChI=1S/C19H19ClN6.C2H6/c1-12-13(2)24-26-17(10-16(20)23-18(12)26)22-11-14-5-4-6-15(9-14)19-21-7-8-25(19)3;1-2/h4-10,22H,11H2,1-3H3;1-2H3. The molecule has 3 aromatic heterocycles. The van der Waals surface area contributed by atoms with E-state index in [-0.39, 0.29) is 0 Å². The first kappa shape index (κ1) is 19.9. The third kappa shape index (κ3) is 3.87. The molecule has 7 heteroatoms. The average Bonchev–Trinajstić information content (AvgIpc) is 3.26. The second-order valence-corrected chi connectivity index (χ2v) is 6.71. The number of hydrogen-bond acceptors (Lipinski definition) is 4. The molecule has 0 atom stereocenters. The van der Waals surface area contributed by atoms with Crippen LogP contribution in [0.4, 0.5) is 5.82 Å². The van der Waals surface area contributed by atoms with E-state index in [0.29, 0.717) is 11.7 Å². The van der Waals surface area contributed by atoms with E-state index in [1.807, 2.05) is 51.6 Å². The fourth-order valence-corrected chi connectivity index (χ4v) is 3.17. The van der Waals surface area contributed by atoms with Gasteiger partial charge in [0.05, 0.1) is 5.69 Å². The highest BCUT2D eigenvalue weighted by Gasteiger charge is 2.12. The maximum atomic E-state index is 6.19. The summed E-state index contributed by atoms with van der Waals surface area (Å²) >= 11 is 6.19. The molecule has 0 radical (unpaired) electrons. The zero-order valence-electron chi connectivity index (χ0n) is 16.9. The molecular weight excluding hydrogens is 372 g/mol. The van der Waals surface area contributed by atoms with Gasteiger partial charge in [0.25, 0.3) is 0 Å². The van der Waals surface area contributed by atoms with Crippen LogP contribution in [0.25, 0.3) is 17.0 Å². The van der Waals surface area contributed by atoms with Gasteiger partial charge in [0.2, 0.25) is 0 Å². The van der Waals surface area contributed by atoms with Crippen molar-refractivity contribution >= 4 is 23.1 Å². The molecule has 0 saturated carbocycles. The second kappa shape index (κ2) is 8.44. The molecule has 0 aliphatic heterocycles. The van der Waals surface area contributed by atoms with E-state index >= 15 is 0 Å². The minimum absolute atomic E-state index is 0.449. The smallest absolute Gasteiger partial charge is 0.162 e. The third-order valence-corrected chi connectivity index (χ3v) is 4.70. The van der Waals surface area contributed by atoms with Crippen LogP contribution < -0.4 is 5.32 Å². The third-order valence-electron chi connectivity index (χ3n) is 4.51. The molecule has 146 valence electrons. The van der Waals surface area contributed by atoms with Crippen molar-refractivity contribution in [1.29, 1.82) is 0 Å². The molecule has 4 aromatic rings. The van der Waals surface area contributed by atoms with Crippen molar-refractivity contribution in [2.45, 2.75) is 34.2 Å². The Labute approximate surface area is 170 Å². The molecule has 0 amide bonds. The lowest BCUT2D eigenvalue weighted by molar-refractivity contribution is 0.906. The molecule has 0 unspecified atom stereocenters. The van der Waals surface area contributed by atoms with Gasteiger partial charge in [-0.3, -0.25) is 0 Å². The molecule has 0 fully saturated rings. The Kier molecular flexibility index (Phi) is 5.99. The van der Waals surface area contributed by atoms with Crippen LogP contribution in [0.3, 0.4) is 0 Å². The number of aromatic nitrogens is 5. The quantitative estimate of drug-likeness (QED) is 0.491. The highest BCUT2D eigenvalue weighted by Crippen LogP contribution is 2.22. The van der Waals surface area contributed by atoms with Crippen molar-refractivity contribution in [3.8, 4) is 11.4 Å². The minimum Gasteiger partial charge on any atom is -0.366 e. The zero-order valence-corrected chi connectivity index (χ0v) is 17.6. The Morgan fingerprint density at radius 3 is 2.64 bits per heavy atom. The summed E-state index contributed by atoms with van der Waals surface area (Å²) < 4.78 is 3.81. The molecule has 0 bridgehead atoms. The molecule has 3 heterocycles. The van der Waals surface area contributed by atoms with Gasteiger partial charge < -0.3 is 9.88 Å². The van der Waals surface area contributed by atoms with Gasteiger partial charge in [-0.05, 0) is 25.5 Å². The Morgan fingerprint density at radius 1 is 1.14 bits per heavy atom. The molecule has 6 nitrogen and oxygen atoms in total. The van der Waals surface area contributed by atoms with Crippen molar-refractivity contribution < 1.29 is 0 Å². The number of benzene rings is 1. The second-order valence-electron chi connectivity index (χ2n) is 6.33. The predicted octanol–water partition coefficient (Wildman–Crippen LogP) is 5.04. The Hall–Kier alpha value is -2.86. The van der Waals surface area contributed by atoms with Gasteiger partial charge in [0.15, 0.2) is 5.65 Å². The van der Waals surface area contributed by atoms with Crippen LogP contribution in [-0.4, -0.2) is 24.1 Å². The maximum absolute atomic E-state index is 6.19. The van der Waals surface area contributed by atoms with E-state index in [0.717, 1.165) is 39.7 Å². The van der Waals surface area contributed by atoms with Gasteiger partial charge in [-0.15, -0.1) is 0 Å². The summed E-state index contributed by atoms with van der Waals surface area (Å²) in [7, 11) is 1.99. The number of anilines is 1. The summed E-state index contributed by atoms with van der Waals surface area (Å²) in [6.07, 6.45) is 3.75. The summed E-state index contributed by atoms with van der Waals surface area (Å²) in [5.74, 6) is 1.76.